The van der Waals surface area contributed by atoms with Gasteiger partial charge in [-0.15, -0.1) is 11.8 Å². The summed E-state index contributed by atoms with van der Waals surface area (Å²) in [4.78, 5) is 42.0. The number of aliphatic hydroxyl groups excluding tert-OH is 1. The highest BCUT2D eigenvalue weighted by molar-refractivity contribution is 7.99. The number of azide groups is 1. The molecular weight excluding hydrogens is 974 g/mol. The van der Waals surface area contributed by atoms with Crippen LogP contribution < -0.4 is 0 Å². The highest BCUT2D eigenvalue weighted by Gasteiger charge is 2.56. The molecule has 3 heterocycles. The highest BCUT2D eigenvalue weighted by Crippen LogP contribution is 2.39. The molecule has 4 aromatic carbocycles. The minimum absolute atomic E-state index is 0.0383. The first kappa shape index (κ1) is 54.6. The lowest BCUT2D eigenvalue weighted by atomic mass is 9.95. The maximum atomic E-state index is 13.4. The van der Waals surface area contributed by atoms with Gasteiger partial charge in [-0.1, -0.05) is 115 Å². The molecule has 0 unspecified atom stereocenters. The number of rotatable bonds is 22. The van der Waals surface area contributed by atoms with E-state index in [2.05, 4.69) is 10.0 Å². The Morgan fingerprint density at radius 1 is 0.708 bits per heavy atom. The third-order valence-corrected chi connectivity index (χ3v) is 13.4. The average molecular weight is 1030 g/mol. The van der Waals surface area contributed by atoms with Crippen LogP contribution in [0.2, 0.25) is 5.02 Å². The molecule has 0 aliphatic carbocycles. The second-order valence-electron chi connectivity index (χ2n) is 17.3. The summed E-state index contributed by atoms with van der Waals surface area (Å²) < 4.78 is 70.4. The van der Waals surface area contributed by atoms with Crippen LogP contribution in [0.1, 0.15) is 61.2 Å². The number of nitrogens with zero attached hydrogens (tertiary/aromatic N) is 3. The molecule has 3 saturated heterocycles. The largest absolute Gasteiger partial charge is 0.463 e. The SMILES string of the molecule is CCS[C@@H]1O[C@H](COCc2ccccc2)[C@@H](O)[C@H](O[C@@H]2O[C@H](COC(C)=O)[C@H](OC(C)=O)[C@H](OCc3ccccc3)[C@H]2O[C@@H]2O[C@@H](C)[C@@H](OC(=O)c3ccccc3)C[C@@H]2OCc2ccc(Cl)cc2)[C@H]1N=[N+]=[N-]. The Hall–Kier alpha value is -5.12. The first-order valence-electron chi connectivity index (χ1n) is 23.7. The number of benzene rings is 4. The number of hydrogen-bond donors (Lipinski definition) is 1. The van der Waals surface area contributed by atoms with Crippen LogP contribution in [0.25, 0.3) is 10.4 Å². The van der Waals surface area contributed by atoms with Gasteiger partial charge < -0.3 is 57.2 Å². The van der Waals surface area contributed by atoms with Crippen molar-refractivity contribution in [3.05, 3.63) is 153 Å². The van der Waals surface area contributed by atoms with Crippen molar-refractivity contribution in [2.45, 2.75) is 139 Å². The van der Waals surface area contributed by atoms with E-state index in [1.54, 1.807) is 61.5 Å². The lowest BCUT2D eigenvalue weighted by molar-refractivity contribution is -0.375. The molecule has 0 amide bonds. The van der Waals surface area contributed by atoms with E-state index in [0.717, 1.165) is 16.7 Å². The normalized spacial score (nSPS) is 29.3. The van der Waals surface area contributed by atoms with Crippen molar-refractivity contribution < 1.29 is 71.6 Å². The predicted octanol–water partition coefficient (Wildman–Crippen LogP) is 7.90. The number of aliphatic hydroxyl groups is 1. The fourth-order valence-electron chi connectivity index (χ4n) is 8.51. The summed E-state index contributed by atoms with van der Waals surface area (Å²) in [5, 5.41) is 16.9. The van der Waals surface area contributed by atoms with Crippen LogP contribution >= 0.6 is 23.4 Å². The van der Waals surface area contributed by atoms with Crippen LogP contribution in [0.15, 0.2) is 120 Å². The molecule has 1 N–H and O–H groups in total. The zero-order valence-corrected chi connectivity index (χ0v) is 41.9. The van der Waals surface area contributed by atoms with Crippen LogP contribution in [0.4, 0.5) is 0 Å². The maximum Gasteiger partial charge on any atom is 0.338 e. The topological polar surface area (TPSA) is 222 Å². The number of thioether (sulfide) groups is 1. The van der Waals surface area contributed by atoms with Gasteiger partial charge in [-0.2, -0.15) is 0 Å². The Balaban J connectivity index is 1.27. The van der Waals surface area contributed by atoms with Crippen molar-refractivity contribution in [1.29, 1.82) is 0 Å². The molecule has 18 nitrogen and oxygen atoms in total. The minimum Gasteiger partial charge on any atom is -0.463 e. The van der Waals surface area contributed by atoms with Crippen LogP contribution in [0, 0.1) is 0 Å². The Bertz CT molecular complexity index is 2370. The van der Waals surface area contributed by atoms with Gasteiger partial charge >= 0.3 is 17.9 Å². The van der Waals surface area contributed by atoms with Crippen molar-refractivity contribution >= 4 is 41.3 Å². The van der Waals surface area contributed by atoms with Crippen molar-refractivity contribution in [3.63, 3.8) is 0 Å². The van der Waals surface area contributed by atoms with Gasteiger partial charge in [-0.05, 0) is 59.2 Å². The van der Waals surface area contributed by atoms with Gasteiger partial charge in [-0.3, -0.25) is 9.59 Å². The Morgan fingerprint density at radius 2 is 1.33 bits per heavy atom. The van der Waals surface area contributed by atoms with E-state index in [1.807, 2.05) is 67.6 Å². The zero-order valence-electron chi connectivity index (χ0n) is 40.3. The van der Waals surface area contributed by atoms with Gasteiger partial charge in [0.05, 0.1) is 38.1 Å². The van der Waals surface area contributed by atoms with Gasteiger partial charge in [0.15, 0.2) is 18.7 Å². The molecule has 72 heavy (non-hydrogen) atoms. The lowest BCUT2D eigenvalue weighted by Crippen LogP contribution is -2.66. The minimum atomic E-state index is -1.57. The van der Waals surface area contributed by atoms with E-state index in [0.29, 0.717) is 16.3 Å². The molecule has 3 fully saturated rings. The third-order valence-electron chi connectivity index (χ3n) is 12.0. The third kappa shape index (κ3) is 15.2. The summed E-state index contributed by atoms with van der Waals surface area (Å²) in [5.41, 5.74) is 11.9. The van der Waals surface area contributed by atoms with Gasteiger partial charge in [0.1, 0.15) is 66.9 Å². The van der Waals surface area contributed by atoms with Crippen LogP contribution in [-0.2, 0) is 81.5 Å². The summed E-state index contributed by atoms with van der Waals surface area (Å²) in [7, 11) is 0. The molecule has 0 aromatic heterocycles. The molecule has 0 bridgehead atoms. The van der Waals surface area contributed by atoms with E-state index in [1.165, 1.54) is 25.6 Å². The number of carbonyl (C=O) groups excluding carboxylic acids is 3. The highest BCUT2D eigenvalue weighted by atomic mass is 35.5. The number of carbonyl (C=O) groups is 3. The number of ether oxygens (including phenoxy) is 11. The first-order chi connectivity index (χ1) is 34.9. The average Bonchev–Trinajstić information content (AvgIpc) is 3.37. The van der Waals surface area contributed by atoms with E-state index in [-0.39, 0.29) is 32.8 Å². The zero-order chi connectivity index (χ0) is 51.0. The molecule has 0 saturated carbocycles. The van der Waals surface area contributed by atoms with Gasteiger partial charge in [0, 0.05) is 30.2 Å². The molecule has 14 atom stereocenters. The van der Waals surface area contributed by atoms with Crippen molar-refractivity contribution in [1.82, 2.24) is 0 Å². The molecule has 0 radical (unpaired) electrons. The summed E-state index contributed by atoms with van der Waals surface area (Å²) >= 11 is 7.55. The van der Waals surface area contributed by atoms with Crippen molar-refractivity contribution in [3.8, 4) is 0 Å². The molecule has 4 aromatic rings. The van der Waals surface area contributed by atoms with Gasteiger partial charge in [-0.25, -0.2) is 4.79 Å². The molecule has 3 aliphatic heterocycles. The molecule has 3 aliphatic rings. The summed E-state index contributed by atoms with van der Waals surface area (Å²) in [6.45, 7) is 5.81. The Kier molecular flexibility index (Phi) is 20.7. The van der Waals surface area contributed by atoms with E-state index in [9.17, 15) is 25.0 Å². The fourth-order valence-corrected chi connectivity index (χ4v) is 9.59. The number of halogens is 1. The van der Waals surface area contributed by atoms with Crippen LogP contribution in [0.5, 0.6) is 0 Å². The van der Waals surface area contributed by atoms with Gasteiger partial charge in [0.2, 0.25) is 0 Å². The van der Waals surface area contributed by atoms with Crippen LogP contribution in [-0.4, -0.2) is 127 Å². The fraction of sp³-hybridized carbons (Fsp3) is 0.481. The van der Waals surface area contributed by atoms with Crippen LogP contribution in [0.3, 0.4) is 0 Å². The number of hydrogen-bond acceptors (Lipinski definition) is 17. The maximum absolute atomic E-state index is 13.4. The molecule has 0 spiro atoms. The Labute approximate surface area is 427 Å². The molecular formula is C52H60ClN3O15S. The molecule has 386 valence electrons. The smallest absolute Gasteiger partial charge is 0.338 e. The summed E-state index contributed by atoms with van der Waals surface area (Å²) in [6, 6.07) is 33.2. The second kappa shape index (κ2) is 27.2. The Morgan fingerprint density at radius 3 is 1.97 bits per heavy atom. The molecule has 7 rings (SSSR count). The van der Waals surface area contributed by atoms with E-state index >= 15 is 0 Å². The summed E-state index contributed by atoms with van der Waals surface area (Å²) in [6.07, 6.45) is -14.4. The lowest BCUT2D eigenvalue weighted by Gasteiger charge is -2.50. The molecule has 20 heteroatoms. The second-order valence-corrected chi connectivity index (χ2v) is 19.1. The standard InChI is InChI=1S/C52H60ClN3O15S/c1-5-72-52-43(55-56-54)46(44(59)41(69-52)29-61-26-34-15-9-6-10-16-34)70-51-48(47(64-28-35-17-11-7-12-18-35)45(66-33(4)58)42(68-51)30-62-32(3)57)71-50-40(63-27-36-21-23-38(53)24-22-36)25-39(31(2)65-50)67-49(60)37-19-13-8-14-20-37/h6-24,31,39-48,50-52,59H,5,25-30H2,1-4H3/t31-,39-,40-,41+,42+,43+,44+,45-,46+,47-,48+,50-,51-,52-/m0/s1. The summed E-state index contributed by atoms with van der Waals surface area (Å²) in [5.74, 6) is -1.38. The monoisotopic (exact) mass is 1030 g/mol. The van der Waals surface area contributed by atoms with Crippen molar-refractivity contribution in [2.24, 2.45) is 5.11 Å². The van der Waals surface area contributed by atoms with E-state index < -0.39 is 110 Å². The van der Waals surface area contributed by atoms with Crippen molar-refractivity contribution in [2.75, 3.05) is 19.0 Å². The first-order valence-corrected chi connectivity index (χ1v) is 25.1. The van der Waals surface area contributed by atoms with E-state index in [4.69, 9.17) is 63.7 Å². The number of esters is 3. The predicted molar refractivity (Wildman–Crippen MR) is 262 cm³/mol. The van der Waals surface area contributed by atoms with Gasteiger partial charge in [0.25, 0.3) is 0 Å². The quantitative estimate of drug-likeness (QED) is 0.0260.